The van der Waals surface area contributed by atoms with E-state index < -0.39 is 11.7 Å². The normalized spacial score (nSPS) is 10.2. The second-order valence-corrected chi connectivity index (χ2v) is 5.97. The summed E-state index contributed by atoms with van der Waals surface area (Å²) in [5.41, 5.74) is 5.99. The van der Waals surface area contributed by atoms with Crippen LogP contribution in [0.1, 0.15) is 36.7 Å². The molecule has 0 saturated carbocycles. The predicted octanol–water partition coefficient (Wildman–Crippen LogP) is 2.40. The van der Waals surface area contributed by atoms with Crippen LogP contribution in [-0.2, 0) is 11.3 Å². The number of nitrogen functional groups attached to an aromatic ring is 1. The van der Waals surface area contributed by atoms with Gasteiger partial charge in [-0.15, -0.1) is 0 Å². The number of nitrogens with one attached hydrogen (secondary N) is 1. The average molecular weight is 346 g/mol. The molecule has 0 aliphatic heterocycles. The molecule has 0 aliphatic rings. The lowest BCUT2D eigenvalue weighted by molar-refractivity contribution is 0.0635. The highest BCUT2D eigenvalue weighted by Crippen LogP contribution is 2.10. The molecule has 0 radical (unpaired) electrons. The van der Waals surface area contributed by atoms with Crippen LogP contribution < -0.4 is 11.1 Å². The number of pyridine rings is 2. The number of anilines is 2. The molecular formula is C17H22N4O4. The van der Waals surface area contributed by atoms with Gasteiger partial charge in [-0.25, -0.2) is 14.8 Å². The molecule has 2 aromatic rings. The quantitative estimate of drug-likeness (QED) is 0.728. The second-order valence-electron chi connectivity index (χ2n) is 5.97. The largest absolute Gasteiger partial charge is 0.444 e. The van der Waals surface area contributed by atoms with Crippen LogP contribution in [0.4, 0.5) is 16.4 Å². The lowest BCUT2D eigenvalue weighted by atomic mass is 10.2. The minimum atomic E-state index is -0.594. The number of carbonyl (C=O) groups excluding carboxylic acids is 2. The van der Waals surface area contributed by atoms with Gasteiger partial charge in [0.15, 0.2) is 0 Å². The Bertz CT molecular complexity index is 714. The van der Waals surface area contributed by atoms with Gasteiger partial charge in [-0.05, 0) is 50.6 Å². The van der Waals surface area contributed by atoms with Gasteiger partial charge in [-0.3, -0.25) is 10.1 Å². The summed E-state index contributed by atoms with van der Waals surface area (Å²) in [5.74, 6) is 0.736. The molecule has 0 aliphatic carbocycles. The van der Waals surface area contributed by atoms with Crippen LogP contribution in [0.15, 0.2) is 36.7 Å². The molecule has 4 N–H and O–H groups in total. The van der Waals surface area contributed by atoms with Crippen molar-refractivity contribution in [2.75, 3.05) is 11.1 Å². The Morgan fingerprint density at radius 2 is 1.96 bits per heavy atom. The van der Waals surface area contributed by atoms with Crippen molar-refractivity contribution < 1.29 is 19.4 Å². The third-order valence-electron chi connectivity index (χ3n) is 2.58. The molecule has 25 heavy (non-hydrogen) atoms. The number of amides is 1. The molecule has 2 aromatic heterocycles. The smallest absolute Gasteiger partial charge is 0.413 e. The lowest BCUT2D eigenvalue weighted by Crippen LogP contribution is -2.27. The molecular weight excluding hydrogens is 324 g/mol. The molecule has 8 nitrogen and oxygen atoms in total. The molecule has 134 valence electrons. The molecule has 0 atom stereocenters. The number of ether oxygens (including phenoxy) is 1. The van der Waals surface area contributed by atoms with E-state index in [0.29, 0.717) is 23.5 Å². The van der Waals surface area contributed by atoms with Gasteiger partial charge in [0.05, 0.1) is 6.61 Å². The van der Waals surface area contributed by atoms with Crippen LogP contribution in [0, 0.1) is 0 Å². The van der Waals surface area contributed by atoms with Crippen LogP contribution in [0.5, 0.6) is 0 Å². The molecule has 0 saturated heterocycles. The number of hydrogen-bond acceptors (Lipinski definition) is 7. The fraction of sp³-hybridized carbons (Fsp3) is 0.294. The number of rotatable bonds is 3. The Morgan fingerprint density at radius 1 is 1.28 bits per heavy atom. The van der Waals surface area contributed by atoms with E-state index in [1.807, 2.05) is 0 Å². The summed E-state index contributed by atoms with van der Waals surface area (Å²) < 4.78 is 5.04. The van der Waals surface area contributed by atoms with Crippen molar-refractivity contribution in [2.45, 2.75) is 33.0 Å². The SMILES string of the molecule is CC(C)(C)OC(=O)Nc1cc(C=O)ccn1.Nc1cc(CO)ccn1. The number of aliphatic hydroxyl groups excluding tert-OH is 1. The van der Waals surface area contributed by atoms with Gasteiger partial charge in [-0.2, -0.15) is 0 Å². The van der Waals surface area contributed by atoms with E-state index in [2.05, 4.69) is 15.3 Å². The summed E-state index contributed by atoms with van der Waals surface area (Å²) >= 11 is 0. The number of hydrogen-bond donors (Lipinski definition) is 3. The van der Waals surface area contributed by atoms with Gasteiger partial charge in [0.25, 0.3) is 0 Å². The summed E-state index contributed by atoms with van der Waals surface area (Å²) in [6.45, 7) is 5.32. The van der Waals surface area contributed by atoms with E-state index in [1.54, 1.807) is 45.2 Å². The first kappa shape index (κ1) is 20.0. The first-order valence-electron chi connectivity index (χ1n) is 7.46. The van der Waals surface area contributed by atoms with Gasteiger partial charge in [0.1, 0.15) is 23.5 Å². The molecule has 0 bridgehead atoms. The van der Waals surface area contributed by atoms with Gasteiger partial charge in [-0.1, -0.05) is 0 Å². The molecule has 0 spiro atoms. The maximum absolute atomic E-state index is 11.4. The molecule has 1 amide bonds. The van der Waals surface area contributed by atoms with Crippen molar-refractivity contribution in [3.63, 3.8) is 0 Å². The van der Waals surface area contributed by atoms with E-state index in [1.165, 1.54) is 12.3 Å². The van der Waals surface area contributed by atoms with Crippen molar-refractivity contribution in [1.29, 1.82) is 0 Å². The van der Waals surface area contributed by atoms with Gasteiger partial charge < -0.3 is 15.6 Å². The van der Waals surface area contributed by atoms with Crippen LogP contribution in [0.3, 0.4) is 0 Å². The fourth-order valence-electron chi connectivity index (χ4n) is 1.59. The Kier molecular flexibility index (Phi) is 7.48. The number of nitrogens with zero attached hydrogens (tertiary/aromatic N) is 2. The first-order chi connectivity index (χ1) is 11.7. The maximum Gasteiger partial charge on any atom is 0.413 e. The standard InChI is InChI=1S/C11H14N2O3.C6H8N2O/c1-11(2,3)16-10(15)13-9-6-8(7-14)4-5-12-9;7-6-3-5(4-9)1-2-8-6/h4-7H,1-3H3,(H,12,13,15);1-3,9H,4H2,(H2,7,8). The number of carbonyl (C=O) groups is 2. The van der Waals surface area contributed by atoms with Gasteiger partial charge >= 0.3 is 6.09 Å². The molecule has 2 heterocycles. The first-order valence-corrected chi connectivity index (χ1v) is 7.46. The maximum atomic E-state index is 11.4. The van der Waals surface area contributed by atoms with Crippen molar-refractivity contribution in [1.82, 2.24) is 9.97 Å². The number of aliphatic hydroxyl groups is 1. The van der Waals surface area contributed by atoms with E-state index in [0.717, 1.165) is 5.56 Å². The molecule has 8 heteroatoms. The summed E-state index contributed by atoms with van der Waals surface area (Å²) in [7, 11) is 0. The van der Waals surface area contributed by atoms with Crippen LogP contribution in [-0.4, -0.2) is 33.1 Å². The highest BCUT2D eigenvalue weighted by molar-refractivity contribution is 5.85. The number of aldehydes is 1. The predicted molar refractivity (Wildman–Crippen MR) is 94.1 cm³/mol. The van der Waals surface area contributed by atoms with Crippen molar-refractivity contribution in [3.05, 3.63) is 47.8 Å². The topological polar surface area (TPSA) is 127 Å². The molecule has 2 rings (SSSR count). The Hall–Kier alpha value is -3.00. The number of nitrogens with two attached hydrogens (primary N) is 1. The van der Waals surface area contributed by atoms with Crippen molar-refractivity contribution in [3.8, 4) is 0 Å². The van der Waals surface area contributed by atoms with E-state index in [-0.39, 0.29) is 6.61 Å². The van der Waals surface area contributed by atoms with Gasteiger partial charge in [0, 0.05) is 18.0 Å². The summed E-state index contributed by atoms with van der Waals surface area (Å²) in [4.78, 5) is 29.5. The zero-order chi connectivity index (χ0) is 18.9. The fourth-order valence-corrected chi connectivity index (χ4v) is 1.59. The third kappa shape index (κ3) is 8.42. The molecule has 0 fully saturated rings. The highest BCUT2D eigenvalue weighted by atomic mass is 16.6. The minimum absolute atomic E-state index is 0.0206. The van der Waals surface area contributed by atoms with E-state index >= 15 is 0 Å². The van der Waals surface area contributed by atoms with Crippen LogP contribution in [0.2, 0.25) is 0 Å². The molecule has 0 unspecified atom stereocenters. The molecule has 0 aromatic carbocycles. The zero-order valence-corrected chi connectivity index (χ0v) is 14.4. The van der Waals surface area contributed by atoms with Crippen LogP contribution >= 0.6 is 0 Å². The number of aromatic nitrogens is 2. The Morgan fingerprint density at radius 3 is 2.48 bits per heavy atom. The lowest BCUT2D eigenvalue weighted by Gasteiger charge is -2.19. The van der Waals surface area contributed by atoms with Crippen molar-refractivity contribution >= 4 is 24.0 Å². The highest BCUT2D eigenvalue weighted by Gasteiger charge is 2.16. The Balaban J connectivity index is 0.000000293. The van der Waals surface area contributed by atoms with E-state index in [9.17, 15) is 9.59 Å². The second kappa shape index (κ2) is 9.33. The Labute approximate surface area is 146 Å². The zero-order valence-electron chi connectivity index (χ0n) is 14.4. The minimum Gasteiger partial charge on any atom is -0.444 e. The van der Waals surface area contributed by atoms with Crippen molar-refractivity contribution in [2.24, 2.45) is 0 Å². The summed E-state index contributed by atoms with van der Waals surface area (Å²) in [5, 5.41) is 11.0. The summed E-state index contributed by atoms with van der Waals surface area (Å²) in [6, 6.07) is 6.38. The monoisotopic (exact) mass is 346 g/mol. The summed E-state index contributed by atoms with van der Waals surface area (Å²) in [6.07, 6.45) is 3.10. The average Bonchev–Trinajstić information content (AvgIpc) is 2.53. The van der Waals surface area contributed by atoms with Gasteiger partial charge in [0.2, 0.25) is 0 Å². The van der Waals surface area contributed by atoms with E-state index in [4.69, 9.17) is 15.6 Å². The third-order valence-corrected chi connectivity index (χ3v) is 2.58. The van der Waals surface area contributed by atoms with Crippen LogP contribution in [0.25, 0.3) is 0 Å².